The van der Waals surface area contributed by atoms with E-state index in [0.717, 1.165) is 17.0 Å². The minimum Gasteiger partial charge on any atom is -0.497 e. The number of nitrogens with zero attached hydrogens (tertiary/aromatic N) is 3. The van der Waals surface area contributed by atoms with Crippen LogP contribution in [0.2, 0.25) is 0 Å². The van der Waals surface area contributed by atoms with E-state index in [1.54, 1.807) is 38.3 Å². The zero-order chi connectivity index (χ0) is 25.8. The van der Waals surface area contributed by atoms with Crippen molar-refractivity contribution in [2.24, 2.45) is 7.05 Å². The van der Waals surface area contributed by atoms with Crippen LogP contribution in [0.3, 0.4) is 0 Å². The molecule has 0 radical (unpaired) electrons. The molecule has 186 valence electrons. The first-order chi connectivity index (χ1) is 17.3. The number of anilines is 1. The number of methoxy groups -OCH3 is 1. The number of carbonyl (C=O) groups excluding carboxylic acids is 2. The third-order valence-electron chi connectivity index (χ3n) is 6.07. The number of amides is 1. The summed E-state index contributed by atoms with van der Waals surface area (Å²) in [6.07, 6.45) is 0.341. The Morgan fingerprint density at radius 3 is 2.53 bits per heavy atom. The number of carbonyl (C=O) groups is 2. The van der Waals surface area contributed by atoms with Crippen LogP contribution in [0, 0.1) is 6.92 Å². The predicted molar refractivity (Wildman–Crippen MR) is 137 cm³/mol. The van der Waals surface area contributed by atoms with Crippen LogP contribution in [-0.4, -0.2) is 39.8 Å². The number of hydrogen-bond donors (Lipinski definition) is 1. The van der Waals surface area contributed by atoms with Crippen molar-refractivity contribution >= 4 is 23.2 Å². The maximum absolute atomic E-state index is 13.3. The standard InChI is InChI=1S/C27H28N4O5/c1-5-36-27(34)19-7-6-8-20(15-19)28-24(32)14-13-22-17(2)30(3)25-16-23(29-31(25)26(22)33)18-9-11-21(35-4)12-10-18/h6-12,15-16H,5,13-14H2,1-4H3,(H,28,32). The Kier molecular flexibility index (Phi) is 7.19. The second kappa shape index (κ2) is 10.5. The molecule has 2 aromatic heterocycles. The Balaban J connectivity index is 1.54. The number of aromatic nitrogens is 3. The fourth-order valence-corrected chi connectivity index (χ4v) is 4.01. The highest BCUT2D eigenvalue weighted by Crippen LogP contribution is 2.23. The molecule has 9 nitrogen and oxygen atoms in total. The molecule has 0 unspecified atom stereocenters. The van der Waals surface area contributed by atoms with Crippen molar-refractivity contribution in [2.45, 2.75) is 26.7 Å². The number of nitrogens with one attached hydrogen (secondary N) is 1. The summed E-state index contributed by atoms with van der Waals surface area (Å²) in [7, 11) is 3.48. The van der Waals surface area contributed by atoms with Gasteiger partial charge in [0.1, 0.15) is 11.4 Å². The molecule has 9 heteroatoms. The van der Waals surface area contributed by atoms with Crippen molar-refractivity contribution in [3.05, 3.63) is 81.8 Å². The van der Waals surface area contributed by atoms with E-state index in [9.17, 15) is 14.4 Å². The maximum atomic E-state index is 13.3. The molecule has 2 heterocycles. The SMILES string of the molecule is CCOC(=O)c1cccc(NC(=O)CCc2c(C)n(C)c3cc(-c4ccc(OC)cc4)nn3c2=O)c1. The Bertz CT molecular complexity index is 1480. The molecule has 0 aliphatic heterocycles. The molecule has 4 rings (SSSR count). The van der Waals surface area contributed by atoms with Gasteiger partial charge in [0.05, 0.1) is 25.0 Å². The van der Waals surface area contributed by atoms with E-state index in [1.165, 1.54) is 4.52 Å². The average Bonchev–Trinajstić information content (AvgIpc) is 3.34. The summed E-state index contributed by atoms with van der Waals surface area (Å²) in [5.41, 5.74) is 4.07. The number of esters is 1. The first-order valence-corrected chi connectivity index (χ1v) is 11.6. The largest absolute Gasteiger partial charge is 0.497 e. The summed E-state index contributed by atoms with van der Waals surface area (Å²) in [6, 6.07) is 15.9. The Labute approximate surface area is 208 Å². The van der Waals surface area contributed by atoms with Crippen LogP contribution in [0.4, 0.5) is 5.69 Å². The second-order valence-electron chi connectivity index (χ2n) is 8.31. The van der Waals surface area contributed by atoms with Gasteiger partial charge < -0.3 is 19.4 Å². The van der Waals surface area contributed by atoms with E-state index in [2.05, 4.69) is 10.4 Å². The number of benzene rings is 2. The zero-order valence-corrected chi connectivity index (χ0v) is 20.7. The van der Waals surface area contributed by atoms with E-state index in [4.69, 9.17) is 9.47 Å². The minimum atomic E-state index is -0.450. The Morgan fingerprint density at radius 2 is 1.83 bits per heavy atom. The normalized spacial score (nSPS) is 10.9. The molecule has 0 saturated carbocycles. The molecule has 0 atom stereocenters. The van der Waals surface area contributed by atoms with Crippen LogP contribution in [-0.2, 0) is 23.0 Å². The average molecular weight is 489 g/mol. The van der Waals surface area contributed by atoms with E-state index < -0.39 is 5.97 Å². The highest BCUT2D eigenvalue weighted by Gasteiger charge is 2.17. The van der Waals surface area contributed by atoms with Gasteiger partial charge in [-0.05, 0) is 62.7 Å². The lowest BCUT2D eigenvalue weighted by atomic mass is 10.1. The summed E-state index contributed by atoms with van der Waals surface area (Å²) in [5, 5.41) is 7.32. The van der Waals surface area contributed by atoms with E-state index >= 15 is 0 Å². The fourth-order valence-electron chi connectivity index (χ4n) is 4.01. The monoisotopic (exact) mass is 488 g/mol. The fraction of sp³-hybridized carbons (Fsp3) is 0.259. The van der Waals surface area contributed by atoms with Crippen LogP contribution < -0.4 is 15.6 Å². The van der Waals surface area contributed by atoms with Gasteiger partial charge in [-0.25, -0.2) is 4.79 Å². The molecule has 0 aliphatic carbocycles. The van der Waals surface area contributed by atoms with Gasteiger partial charge in [0.2, 0.25) is 5.91 Å². The van der Waals surface area contributed by atoms with Gasteiger partial charge in [-0.3, -0.25) is 9.59 Å². The number of hydrogen-bond acceptors (Lipinski definition) is 6. The van der Waals surface area contributed by atoms with Gasteiger partial charge in [-0.1, -0.05) is 6.07 Å². The Hall–Kier alpha value is -4.40. The van der Waals surface area contributed by atoms with Crippen LogP contribution in [0.25, 0.3) is 16.9 Å². The number of aryl methyl sites for hydroxylation is 1. The smallest absolute Gasteiger partial charge is 0.338 e. The van der Waals surface area contributed by atoms with Gasteiger partial charge >= 0.3 is 5.97 Å². The summed E-state index contributed by atoms with van der Waals surface area (Å²) in [4.78, 5) is 37.9. The van der Waals surface area contributed by atoms with E-state index in [1.807, 2.05) is 48.9 Å². The molecular formula is C27H28N4O5. The van der Waals surface area contributed by atoms with Crippen molar-refractivity contribution in [3.8, 4) is 17.0 Å². The molecule has 1 N–H and O–H groups in total. The van der Waals surface area contributed by atoms with Crippen molar-refractivity contribution in [1.29, 1.82) is 0 Å². The molecule has 0 saturated heterocycles. The molecule has 0 aliphatic rings. The third kappa shape index (κ3) is 5.00. The van der Waals surface area contributed by atoms with Crippen molar-refractivity contribution in [3.63, 3.8) is 0 Å². The van der Waals surface area contributed by atoms with Crippen LogP contribution in [0.5, 0.6) is 5.75 Å². The summed E-state index contributed by atoms with van der Waals surface area (Å²) < 4.78 is 13.5. The van der Waals surface area contributed by atoms with Gasteiger partial charge in [-0.2, -0.15) is 9.61 Å². The quantitative estimate of drug-likeness (QED) is 0.379. The molecule has 0 spiro atoms. The summed E-state index contributed by atoms with van der Waals surface area (Å²) in [5.74, 6) is 0.0211. The molecule has 4 aromatic rings. The van der Waals surface area contributed by atoms with Gasteiger partial charge in [0.15, 0.2) is 0 Å². The highest BCUT2D eigenvalue weighted by atomic mass is 16.5. The molecule has 36 heavy (non-hydrogen) atoms. The first-order valence-electron chi connectivity index (χ1n) is 11.6. The number of ether oxygens (including phenoxy) is 2. The van der Waals surface area contributed by atoms with Crippen LogP contribution >= 0.6 is 0 Å². The second-order valence-corrected chi connectivity index (χ2v) is 8.31. The molecular weight excluding hydrogens is 460 g/mol. The van der Waals surface area contributed by atoms with Crippen molar-refractivity contribution < 1.29 is 19.1 Å². The summed E-state index contributed by atoms with van der Waals surface area (Å²) in [6.45, 7) is 3.86. The first kappa shape index (κ1) is 24.7. The molecule has 2 aromatic carbocycles. The van der Waals surface area contributed by atoms with Crippen LogP contribution in [0.1, 0.15) is 35.0 Å². The lowest BCUT2D eigenvalue weighted by Gasteiger charge is -2.12. The lowest BCUT2D eigenvalue weighted by Crippen LogP contribution is -2.26. The maximum Gasteiger partial charge on any atom is 0.338 e. The molecule has 1 amide bonds. The minimum absolute atomic E-state index is 0.0951. The molecule has 0 fully saturated rings. The van der Waals surface area contributed by atoms with Gasteiger partial charge in [0, 0.05) is 42.0 Å². The topological polar surface area (TPSA) is 104 Å². The van der Waals surface area contributed by atoms with Crippen LogP contribution in [0.15, 0.2) is 59.4 Å². The third-order valence-corrected chi connectivity index (χ3v) is 6.07. The Morgan fingerprint density at radius 1 is 1.08 bits per heavy atom. The molecule has 0 bridgehead atoms. The van der Waals surface area contributed by atoms with Crippen molar-refractivity contribution in [2.75, 3.05) is 19.0 Å². The van der Waals surface area contributed by atoms with E-state index in [-0.39, 0.29) is 30.9 Å². The predicted octanol–water partition coefficient (Wildman–Crippen LogP) is 3.77. The number of fused-ring (bicyclic) bond motifs is 1. The van der Waals surface area contributed by atoms with Crippen molar-refractivity contribution in [1.82, 2.24) is 14.2 Å². The zero-order valence-electron chi connectivity index (χ0n) is 20.7. The highest BCUT2D eigenvalue weighted by molar-refractivity contribution is 5.94. The van der Waals surface area contributed by atoms with E-state index in [0.29, 0.717) is 28.2 Å². The van der Waals surface area contributed by atoms with Gasteiger partial charge in [-0.15, -0.1) is 0 Å². The number of rotatable bonds is 8. The lowest BCUT2D eigenvalue weighted by molar-refractivity contribution is -0.116. The summed E-state index contributed by atoms with van der Waals surface area (Å²) >= 11 is 0. The van der Waals surface area contributed by atoms with Gasteiger partial charge in [0.25, 0.3) is 5.56 Å².